The summed E-state index contributed by atoms with van der Waals surface area (Å²) in [6.45, 7) is 0. The summed E-state index contributed by atoms with van der Waals surface area (Å²) in [5.41, 5.74) is 5.45. The first-order valence-corrected chi connectivity index (χ1v) is 4.85. The van der Waals surface area contributed by atoms with E-state index in [0.717, 1.165) is 0 Å². The highest BCUT2D eigenvalue weighted by molar-refractivity contribution is 5.92. The molecule has 0 saturated carbocycles. The smallest absolute Gasteiger partial charge is 0.335 e. The van der Waals surface area contributed by atoms with Gasteiger partial charge in [0.25, 0.3) is 0 Å². The molecule has 0 amide bonds. The lowest BCUT2D eigenvalue weighted by Gasteiger charge is -2.19. The average molecular weight is 221 g/mol. The third kappa shape index (κ3) is 1.29. The first kappa shape index (κ1) is 10.6. The number of nitrogens with two attached hydrogens (primary N) is 1. The summed E-state index contributed by atoms with van der Waals surface area (Å²) in [5.74, 6) is -2.17. The van der Waals surface area contributed by atoms with E-state index in [0.29, 0.717) is 17.5 Å². The van der Waals surface area contributed by atoms with Gasteiger partial charge in [-0.05, 0) is 30.0 Å². The van der Waals surface area contributed by atoms with Crippen LogP contribution in [0, 0.1) is 0 Å². The van der Waals surface area contributed by atoms with Crippen LogP contribution in [0.5, 0.6) is 0 Å². The summed E-state index contributed by atoms with van der Waals surface area (Å²) in [5, 5.41) is 18.0. The van der Waals surface area contributed by atoms with Crippen LogP contribution in [0.25, 0.3) is 0 Å². The van der Waals surface area contributed by atoms with Gasteiger partial charge in [0.05, 0.1) is 5.56 Å². The number of carbonyl (C=O) groups is 2. The molecule has 1 aromatic carbocycles. The van der Waals surface area contributed by atoms with Crippen molar-refractivity contribution in [2.75, 3.05) is 0 Å². The molecule has 0 spiro atoms. The summed E-state index contributed by atoms with van der Waals surface area (Å²) in [4.78, 5) is 22.0. The molecule has 1 aliphatic rings. The normalized spacial score (nSPS) is 22.8. The summed E-state index contributed by atoms with van der Waals surface area (Å²) in [7, 11) is 0. The van der Waals surface area contributed by atoms with E-state index < -0.39 is 17.5 Å². The van der Waals surface area contributed by atoms with Crippen molar-refractivity contribution in [2.45, 2.75) is 18.4 Å². The SMILES string of the molecule is N[C@]1(C(=O)O)CCc2c(C(=O)O)cccc21. The van der Waals surface area contributed by atoms with Crippen LogP contribution < -0.4 is 5.73 Å². The highest BCUT2D eigenvalue weighted by Crippen LogP contribution is 2.36. The van der Waals surface area contributed by atoms with E-state index in [-0.39, 0.29) is 12.0 Å². The summed E-state index contributed by atoms with van der Waals surface area (Å²) in [6, 6.07) is 4.58. The second kappa shape index (κ2) is 3.31. The molecule has 1 atom stereocenters. The Bertz CT molecular complexity index is 483. The molecule has 0 fully saturated rings. The van der Waals surface area contributed by atoms with Crippen molar-refractivity contribution in [1.82, 2.24) is 0 Å². The van der Waals surface area contributed by atoms with E-state index in [4.69, 9.17) is 15.9 Å². The maximum Gasteiger partial charge on any atom is 0.335 e. The van der Waals surface area contributed by atoms with Crippen molar-refractivity contribution >= 4 is 11.9 Å². The second-order valence-electron chi connectivity index (χ2n) is 3.91. The fraction of sp³-hybridized carbons (Fsp3) is 0.273. The van der Waals surface area contributed by atoms with Gasteiger partial charge in [0.2, 0.25) is 0 Å². The lowest BCUT2D eigenvalue weighted by atomic mass is 9.92. The molecule has 0 aromatic heterocycles. The van der Waals surface area contributed by atoms with Crippen LogP contribution in [0.3, 0.4) is 0 Å². The first-order chi connectivity index (χ1) is 7.47. The Balaban J connectivity index is 2.62. The number of aliphatic carboxylic acids is 1. The van der Waals surface area contributed by atoms with E-state index >= 15 is 0 Å². The number of benzene rings is 1. The minimum absolute atomic E-state index is 0.145. The van der Waals surface area contributed by atoms with E-state index in [1.54, 1.807) is 6.07 Å². The van der Waals surface area contributed by atoms with Gasteiger partial charge in [0, 0.05) is 0 Å². The number of fused-ring (bicyclic) bond motifs is 1. The molecule has 5 heteroatoms. The van der Waals surface area contributed by atoms with Crippen molar-refractivity contribution in [3.05, 3.63) is 34.9 Å². The van der Waals surface area contributed by atoms with Crippen molar-refractivity contribution < 1.29 is 19.8 Å². The quantitative estimate of drug-likeness (QED) is 0.677. The van der Waals surface area contributed by atoms with Crippen LogP contribution in [0.4, 0.5) is 0 Å². The van der Waals surface area contributed by atoms with Gasteiger partial charge in [0.15, 0.2) is 0 Å². The van der Waals surface area contributed by atoms with Crippen LogP contribution in [0.2, 0.25) is 0 Å². The highest BCUT2D eigenvalue weighted by Gasteiger charge is 2.43. The van der Waals surface area contributed by atoms with Crippen LogP contribution >= 0.6 is 0 Å². The molecule has 84 valence electrons. The van der Waals surface area contributed by atoms with Gasteiger partial charge in [-0.15, -0.1) is 0 Å². The number of hydrogen-bond acceptors (Lipinski definition) is 3. The van der Waals surface area contributed by atoms with Crippen LogP contribution in [0.1, 0.15) is 27.9 Å². The minimum atomic E-state index is -1.44. The largest absolute Gasteiger partial charge is 0.480 e. The van der Waals surface area contributed by atoms with E-state index in [1.807, 2.05) is 0 Å². The van der Waals surface area contributed by atoms with Crippen molar-refractivity contribution in [3.63, 3.8) is 0 Å². The Labute approximate surface area is 91.5 Å². The van der Waals surface area contributed by atoms with Crippen LogP contribution in [0.15, 0.2) is 18.2 Å². The molecule has 0 saturated heterocycles. The Morgan fingerprint density at radius 1 is 1.31 bits per heavy atom. The van der Waals surface area contributed by atoms with Crippen molar-refractivity contribution in [3.8, 4) is 0 Å². The zero-order chi connectivity index (χ0) is 11.9. The Hall–Kier alpha value is -1.88. The van der Waals surface area contributed by atoms with E-state index in [2.05, 4.69) is 0 Å². The molecule has 5 nitrogen and oxygen atoms in total. The van der Waals surface area contributed by atoms with E-state index in [9.17, 15) is 9.59 Å². The molecule has 2 rings (SSSR count). The van der Waals surface area contributed by atoms with Gasteiger partial charge < -0.3 is 15.9 Å². The molecule has 1 aromatic rings. The Morgan fingerprint density at radius 3 is 2.56 bits per heavy atom. The van der Waals surface area contributed by atoms with Gasteiger partial charge in [-0.25, -0.2) is 9.59 Å². The van der Waals surface area contributed by atoms with E-state index in [1.165, 1.54) is 12.1 Å². The number of aromatic carboxylic acids is 1. The highest BCUT2D eigenvalue weighted by atomic mass is 16.4. The molecule has 4 N–H and O–H groups in total. The maximum atomic E-state index is 11.1. The summed E-state index contributed by atoms with van der Waals surface area (Å²) in [6.07, 6.45) is 0.628. The molecule has 16 heavy (non-hydrogen) atoms. The van der Waals surface area contributed by atoms with Gasteiger partial charge in [-0.1, -0.05) is 12.1 Å². The van der Waals surface area contributed by atoms with Gasteiger partial charge in [0.1, 0.15) is 5.54 Å². The lowest BCUT2D eigenvalue weighted by molar-refractivity contribution is -0.143. The molecule has 0 aliphatic heterocycles. The molecular weight excluding hydrogens is 210 g/mol. The molecule has 0 heterocycles. The van der Waals surface area contributed by atoms with Gasteiger partial charge in [-0.2, -0.15) is 0 Å². The zero-order valence-electron chi connectivity index (χ0n) is 8.43. The number of carboxylic acid groups (broad SMARTS) is 2. The fourth-order valence-electron chi connectivity index (χ4n) is 2.15. The third-order valence-corrected chi connectivity index (χ3v) is 3.04. The summed E-state index contributed by atoms with van der Waals surface area (Å²) >= 11 is 0. The van der Waals surface area contributed by atoms with Gasteiger partial charge in [-0.3, -0.25) is 0 Å². The first-order valence-electron chi connectivity index (χ1n) is 4.85. The van der Waals surface area contributed by atoms with Crippen molar-refractivity contribution in [2.24, 2.45) is 5.73 Å². The van der Waals surface area contributed by atoms with Crippen LogP contribution in [-0.4, -0.2) is 22.2 Å². The molecule has 0 radical (unpaired) electrons. The predicted octanol–water partition coefficient (Wildman–Crippen LogP) is 0.570. The molecule has 0 unspecified atom stereocenters. The molecule has 0 bridgehead atoms. The lowest BCUT2D eigenvalue weighted by Crippen LogP contribution is -2.42. The van der Waals surface area contributed by atoms with Crippen LogP contribution in [-0.2, 0) is 16.8 Å². The van der Waals surface area contributed by atoms with Crippen molar-refractivity contribution in [1.29, 1.82) is 0 Å². The average Bonchev–Trinajstić information content (AvgIpc) is 2.58. The minimum Gasteiger partial charge on any atom is -0.480 e. The number of carboxylic acids is 2. The topological polar surface area (TPSA) is 101 Å². The molecule has 1 aliphatic carbocycles. The fourth-order valence-corrected chi connectivity index (χ4v) is 2.15. The number of rotatable bonds is 2. The standard InChI is InChI=1S/C11H11NO4/c12-11(10(15)16)5-4-6-7(9(13)14)2-1-3-8(6)11/h1-3H,4-5,12H2,(H,13,14)(H,15,16)/t11-/m1/s1. The predicted molar refractivity (Wildman–Crippen MR) is 55.2 cm³/mol. The third-order valence-electron chi connectivity index (χ3n) is 3.04. The number of hydrogen-bond donors (Lipinski definition) is 3. The second-order valence-corrected chi connectivity index (χ2v) is 3.91. The monoisotopic (exact) mass is 221 g/mol. The summed E-state index contributed by atoms with van der Waals surface area (Å²) < 4.78 is 0. The maximum absolute atomic E-state index is 11.1. The zero-order valence-corrected chi connectivity index (χ0v) is 8.43. The Kier molecular flexibility index (Phi) is 2.20. The molecular formula is C11H11NO4. The Morgan fingerprint density at radius 2 is 2.00 bits per heavy atom. The van der Waals surface area contributed by atoms with Gasteiger partial charge >= 0.3 is 11.9 Å².